The van der Waals surface area contributed by atoms with E-state index in [0.29, 0.717) is 38.1 Å². The van der Waals surface area contributed by atoms with Crippen molar-refractivity contribution < 1.29 is 9.80 Å². The molecular formula is C16H22AlNO2. The van der Waals surface area contributed by atoms with E-state index in [1.165, 1.54) is 9.94 Å². The first kappa shape index (κ1) is 14.3. The molecule has 0 amide bonds. The third-order valence-electron chi connectivity index (χ3n) is 4.26. The maximum absolute atomic E-state index is 12.3. The molecule has 0 fully saturated rings. The predicted molar refractivity (Wildman–Crippen MR) is 83.0 cm³/mol. The zero-order chi connectivity index (χ0) is 14.3. The Kier molecular flexibility index (Phi) is 4.01. The Labute approximate surface area is 126 Å². The molecule has 20 heavy (non-hydrogen) atoms. The predicted octanol–water partition coefficient (Wildman–Crippen LogP) is 1.85. The van der Waals surface area contributed by atoms with Gasteiger partial charge in [0.15, 0.2) is 0 Å². The van der Waals surface area contributed by atoms with Crippen LogP contribution in [0.25, 0.3) is 0 Å². The third-order valence-corrected chi connectivity index (χ3v) is 5.67. The van der Waals surface area contributed by atoms with Crippen LogP contribution in [0.2, 0.25) is 0 Å². The van der Waals surface area contributed by atoms with Gasteiger partial charge in [-0.15, -0.1) is 0 Å². The molecule has 2 aliphatic heterocycles. The number of benzene rings is 1. The van der Waals surface area contributed by atoms with Crippen molar-refractivity contribution in [1.82, 2.24) is 0 Å². The summed E-state index contributed by atoms with van der Waals surface area (Å²) in [7, 11) is 0. The molecule has 3 rings (SSSR count). The second kappa shape index (κ2) is 5.62. The molecule has 106 valence electrons. The zero-order valence-electron chi connectivity index (χ0n) is 12.5. The Balaban J connectivity index is 1.90. The fourth-order valence-corrected chi connectivity index (χ4v) is 3.80. The summed E-state index contributed by atoms with van der Waals surface area (Å²) in [5, 5.41) is 12.6. The Bertz CT molecular complexity index is 541. The minimum absolute atomic E-state index is 0.268. The SMILES string of the molecule is C[C]1=[Al][CH]1Oc1cccc2c1[NH+]([O-])CCC2CC(C)C. The van der Waals surface area contributed by atoms with Crippen LogP contribution in [0, 0.1) is 11.1 Å². The summed E-state index contributed by atoms with van der Waals surface area (Å²) in [6.07, 6.45) is 2.15. The number of fused-ring (bicyclic) bond motifs is 1. The number of hydroxylamine groups is 1. The van der Waals surface area contributed by atoms with Crippen molar-refractivity contribution in [2.75, 3.05) is 6.54 Å². The van der Waals surface area contributed by atoms with Crippen LogP contribution in [0.1, 0.15) is 45.1 Å². The number of quaternary nitrogens is 1. The molecule has 3 unspecified atom stereocenters. The van der Waals surface area contributed by atoms with Gasteiger partial charge in [0, 0.05) is 0 Å². The van der Waals surface area contributed by atoms with Gasteiger partial charge in [-0.05, 0) is 0 Å². The quantitative estimate of drug-likeness (QED) is 0.678. The Hall–Kier alpha value is -0.658. The molecule has 0 radical (unpaired) electrons. The van der Waals surface area contributed by atoms with Crippen LogP contribution in [-0.2, 0) is 0 Å². The van der Waals surface area contributed by atoms with Crippen molar-refractivity contribution in [3.05, 3.63) is 29.0 Å². The van der Waals surface area contributed by atoms with E-state index >= 15 is 0 Å². The Morgan fingerprint density at radius 1 is 1.45 bits per heavy atom. The zero-order valence-corrected chi connectivity index (χ0v) is 13.6. The molecule has 0 saturated heterocycles. The molecule has 0 bridgehead atoms. The fourth-order valence-electron chi connectivity index (χ4n) is 3.14. The van der Waals surface area contributed by atoms with Gasteiger partial charge in [0.1, 0.15) is 0 Å². The average Bonchev–Trinajstić information content (AvgIpc) is 3.08. The molecule has 3 nitrogen and oxygen atoms in total. The van der Waals surface area contributed by atoms with E-state index in [-0.39, 0.29) is 5.06 Å². The van der Waals surface area contributed by atoms with Gasteiger partial charge in [-0.3, -0.25) is 0 Å². The van der Waals surface area contributed by atoms with Gasteiger partial charge in [0.05, 0.1) is 0 Å². The Morgan fingerprint density at radius 3 is 2.85 bits per heavy atom. The summed E-state index contributed by atoms with van der Waals surface area (Å²) < 4.78 is 7.50. The van der Waals surface area contributed by atoms with Crippen LogP contribution in [0.5, 0.6) is 5.75 Å². The van der Waals surface area contributed by atoms with Gasteiger partial charge in [-0.1, -0.05) is 0 Å². The van der Waals surface area contributed by atoms with E-state index < -0.39 is 0 Å². The number of hydrogen-bond acceptors (Lipinski definition) is 2. The minimum atomic E-state index is 0.268. The maximum atomic E-state index is 12.3. The van der Waals surface area contributed by atoms with E-state index in [1.807, 2.05) is 12.1 Å². The normalized spacial score (nSPS) is 27.6. The number of nitrogens with one attached hydrogen (secondary N) is 1. The molecule has 3 atom stereocenters. The standard InChI is InChI=1S/C16H22NO2.Al/c1-4-10-19-15-7-5-6-14-13(11-12(2)3)8-9-17(18)16(14)15;/h5-7,10,12-13,17H,8-9,11H2,1-3H3;. The van der Waals surface area contributed by atoms with Crippen molar-refractivity contribution in [2.45, 2.75) is 44.5 Å². The summed E-state index contributed by atoms with van der Waals surface area (Å²) in [5.41, 5.74) is 2.10. The molecule has 2 heterocycles. The van der Waals surface area contributed by atoms with Gasteiger partial charge in [0.2, 0.25) is 0 Å². The second-order valence-corrected chi connectivity index (χ2v) is 8.31. The molecule has 0 aliphatic carbocycles. The first-order valence-corrected chi connectivity index (χ1v) is 8.81. The van der Waals surface area contributed by atoms with Gasteiger partial charge in [-0.25, -0.2) is 0 Å². The number of ether oxygens (including phenoxy) is 1. The number of rotatable bonds is 4. The molecule has 0 spiro atoms. The van der Waals surface area contributed by atoms with Gasteiger partial charge < -0.3 is 0 Å². The van der Waals surface area contributed by atoms with Crippen molar-refractivity contribution in [3.63, 3.8) is 0 Å². The van der Waals surface area contributed by atoms with Crippen LogP contribution in [0.3, 0.4) is 0 Å². The summed E-state index contributed by atoms with van der Waals surface area (Å²) in [6.45, 7) is 7.33. The van der Waals surface area contributed by atoms with E-state index in [4.69, 9.17) is 4.74 Å². The van der Waals surface area contributed by atoms with E-state index in [0.717, 1.165) is 24.3 Å². The molecule has 0 saturated carbocycles. The average molecular weight is 287 g/mol. The Morgan fingerprint density at radius 2 is 2.20 bits per heavy atom. The number of para-hydroxylation sites is 1. The molecule has 2 aliphatic rings. The van der Waals surface area contributed by atoms with Gasteiger partial charge in [0.25, 0.3) is 0 Å². The first-order valence-electron chi connectivity index (χ1n) is 7.57. The van der Waals surface area contributed by atoms with Crippen LogP contribution in [-0.4, -0.2) is 30.7 Å². The van der Waals surface area contributed by atoms with E-state index in [1.54, 1.807) is 0 Å². The fraction of sp³-hybridized carbons (Fsp3) is 0.562. The number of hydrogen-bond donors (Lipinski definition) is 1. The van der Waals surface area contributed by atoms with Gasteiger partial charge in [-0.2, -0.15) is 0 Å². The summed E-state index contributed by atoms with van der Waals surface area (Å²) in [5.74, 6) is 2.01. The monoisotopic (exact) mass is 287 g/mol. The van der Waals surface area contributed by atoms with E-state index in [9.17, 15) is 5.21 Å². The second-order valence-electron chi connectivity index (χ2n) is 6.46. The topological polar surface area (TPSA) is 36.7 Å². The van der Waals surface area contributed by atoms with Crippen molar-refractivity contribution in [2.24, 2.45) is 5.92 Å². The molecular weight excluding hydrogens is 265 g/mol. The molecule has 1 N–H and O–H groups in total. The summed E-state index contributed by atoms with van der Waals surface area (Å²) >= 11 is 0.337. The van der Waals surface area contributed by atoms with Crippen molar-refractivity contribution >= 4 is 24.8 Å². The third kappa shape index (κ3) is 2.85. The van der Waals surface area contributed by atoms with Crippen LogP contribution in [0.4, 0.5) is 5.69 Å². The first-order chi connectivity index (χ1) is 9.56. The summed E-state index contributed by atoms with van der Waals surface area (Å²) in [6, 6.07) is 6.15. The van der Waals surface area contributed by atoms with Crippen LogP contribution < -0.4 is 9.80 Å². The summed E-state index contributed by atoms with van der Waals surface area (Å²) in [4.78, 5) is 0.319. The van der Waals surface area contributed by atoms with Crippen LogP contribution in [0.15, 0.2) is 18.2 Å². The van der Waals surface area contributed by atoms with Crippen molar-refractivity contribution in [3.8, 4) is 5.75 Å². The molecule has 1 aromatic rings. The molecule has 1 aromatic carbocycles. The molecule has 0 aromatic heterocycles. The molecule has 4 heteroatoms. The van der Waals surface area contributed by atoms with Crippen LogP contribution >= 0.6 is 0 Å². The van der Waals surface area contributed by atoms with Gasteiger partial charge >= 0.3 is 126 Å². The van der Waals surface area contributed by atoms with E-state index in [2.05, 4.69) is 26.8 Å². The van der Waals surface area contributed by atoms with Crippen molar-refractivity contribution in [1.29, 1.82) is 0 Å².